The third kappa shape index (κ3) is 2.65. The smallest absolute Gasteiger partial charge is 0.139 e. The Balaban J connectivity index is 2.04. The van der Waals surface area contributed by atoms with Crippen molar-refractivity contribution in [2.24, 2.45) is 0 Å². The Bertz CT molecular complexity index is 459. The van der Waals surface area contributed by atoms with Crippen LogP contribution in [-0.2, 0) is 6.54 Å². The van der Waals surface area contributed by atoms with E-state index in [1.54, 1.807) is 24.6 Å². The number of nitrogens with zero attached hydrogens (tertiary/aromatic N) is 1. The van der Waals surface area contributed by atoms with Crippen LogP contribution >= 0.6 is 22.9 Å². The number of rotatable bonds is 4. The quantitative estimate of drug-likeness (QED) is 0.908. The van der Waals surface area contributed by atoms with Gasteiger partial charge in [-0.05, 0) is 12.1 Å². The second kappa shape index (κ2) is 5.18. The van der Waals surface area contributed by atoms with Crippen molar-refractivity contribution in [3.63, 3.8) is 0 Å². The van der Waals surface area contributed by atoms with Gasteiger partial charge in [-0.25, -0.2) is 4.98 Å². The van der Waals surface area contributed by atoms with Crippen molar-refractivity contribution in [2.45, 2.75) is 6.54 Å². The Morgan fingerprint density at radius 2 is 2.38 bits per heavy atom. The van der Waals surface area contributed by atoms with Crippen LogP contribution in [0, 0.1) is 0 Å². The maximum atomic E-state index is 5.93. The average Bonchev–Trinajstić information content (AvgIpc) is 2.81. The van der Waals surface area contributed by atoms with E-state index in [2.05, 4.69) is 10.3 Å². The maximum Gasteiger partial charge on any atom is 0.139 e. The van der Waals surface area contributed by atoms with Crippen molar-refractivity contribution in [3.8, 4) is 5.75 Å². The molecule has 0 radical (unpaired) electrons. The molecule has 0 aliphatic carbocycles. The largest absolute Gasteiger partial charge is 0.495 e. The van der Waals surface area contributed by atoms with Crippen LogP contribution in [0.1, 0.15) is 5.01 Å². The minimum Gasteiger partial charge on any atom is -0.495 e. The first kappa shape index (κ1) is 11.2. The molecule has 2 rings (SSSR count). The van der Waals surface area contributed by atoms with E-state index in [4.69, 9.17) is 16.3 Å². The van der Waals surface area contributed by atoms with E-state index in [9.17, 15) is 0 Å². The van der Waals surface area contributed by atoms with Gasteiger partial charge in [-0.3, -0.25) is 0 Å². The van der Waals surface area contributed by atoms with Crippen LogP contribution in [0.2, 0.25) is 5.02 Å². The molecule has 0 aliphatic rings. The molecule has 0 saturated carbocycles. The number of halogens is 1. The van der Waals surface area contributed by atoms with E-state index in [-0.39, 0.29) is 0 Å². The van der Waals surface area contributed by atoms with Crippen LogP contribution in [0.4, 0.5) is 5.69 Å². The van der Waals surface area contributed by atoms with Gasteiger partial charge >= 0.3 is 0 Å². The summed E-state index contributed by atoms with van der Waals surface area (Å²) in [7, 11) is 1.60. The average molecular weight is 255 g/mol. The van der Waals surface area contributed by atoms with E-state index in [0.717, 1.165) is 10.7 Å². The van der Waals surface area contributed by atoms with Crippen LogP contribution in [0.25, 0.3) is 0 Å². The molecule has 0 fully saturated rings. The van der Waals surface area contributed by atoms with Crippen molar-refractivity contribution in [3.05, 3.63) is 39.8 Å². The molecule has 0 bridgehead atoms. The summed E-state index contributed by atoms with van der Waals surface area (Å²) in [6, 6.07) is 5.60. The lowest BCUT2D eigenvalue weighted by molar-refractivity contribution is 0.415. The topological polar surface area (TPSA) is 34.1 Å². The third-order valence-electron chi connectivity index (χ3n) is 2.08. The highest BCUT2D eigenvalue weighted by molar-refractivity contribution is 7.09. The van der Waals surface area contributed by atoms with Crippen molar-refractivity contribution in [2.75, 3.05) is 12.4 Å². The zero-order chi connectivity index (χ0) is 11.4. The van der Waals surface area contributed by atoms with Gasteiger partial charge in [0.1, 0.15) is 10.8 Å². The minimum atomic E-state index is 0.613. The second-order valence-electron chi connectivity index (χ2n) is 3.13. The van der Waals surface area contributed by atoms with Crippen LogP contribution in [-0.4, -0.2) is 12.1 Å². The highest BCUT2D eigenvalue weighted by Crippen LogP contribution is 2.27. The molecule has 2 aromatic rings. The number of benzene rings is 1. The van der Waals surface area contributed by atoms with E-state index < -0.39 is 0 Å². The van der Waals surface area contributed by atoms with E-state index >= 15 is 0 Å². The second-order valence-corrected chi connectivity index (χ2v) is 4.52. The standard InChI is InChI=1S/C11H11ClN2OS/c1-15-10-6-8(2-3-9(10)12)14-7-11-13-4-5-16-11/h2-6,14H,7H2,1H3. The molecule has 0 saturated heterocycles. The van der Waals surface area contributed by atoms with Gasteiger partial charge in [0.15, 0.2) is 0 Å². The molecule has 16 heavy (non-hydrogen) atoms. The summed E-state index contributed by atoms with van der Waals surface area (Å²) < 4.78 is 5.14. The highest BCUT2D eigenvalue weighted by atomic mass is 35.5. The van der Waals surface area contributed by atoms with Gasteiger partial charge in [-0.1, -0.05) is 11.6 Å². The number of hydrogen-bond donors (Lipinski definition) is 1. The number of nitrogens with one attached hydrogen (secondary N) is 1. The molecule has 0 spiro atoms. The summed E-state index contributed by atoms with van der Waals surface area (Å²) in [6.07, 6.45) is 1.80. The molecule has 84 valence electrons. The lowest BCUT2D eigenvalue weighted by atomic mass is 10.3. The zero-order valence-electron chi connectivity index (χ0n) is 8.74. The molecule has 1 N–H and O–H groups in total. The normalized spacial score (nSPS) is 10.1. The van der Waals surface area contributed by atoms with Gasteiger partial charge in [-0.2, -0.15) is 0 Å². The van der Waals surface area contributed by atoms with Crippen molar-refractivity contribution in [1.29, 1.82) is 0 Å². The number of aromatic nitrogens is 1. The molecule has 1 heterocycles. The SMILES string of the molecule is COc1cc(NCc2nccs2)ccc1Cl. The van der Waals surface area contributed by atoms with Gasteiger partial charge in [0.05, 0.1) is 18.7 Å². The summed E-state index contributed by atoms with van der Waals surface area (Å²) in [5, 5.41) is 6.88. The monoisotopic (exact) mass is 254 g/mol. The van der Waals surface area contributed by atoms with E-state index in [0.29, 0.717) is 17.3 Å². The Hall–Kier alpha value is -1.26. The number of hydrogen-bond acceptors (Lipinski definition) is 4. The van der Waals surface area contributed by atoms with Crippen LogP contribution in [0.15, 0.2) is 29.8 Å². The lowest BCUT2D eigenvalue weighted by Gasteiger charge is -2.07. The first-order valence-corrected chi connectivity index (χ1v) is 6.01. The van der Waals surface area contributed by atoms with E-state index in [1.807, 2.05) is 23.6 Å². The maximum absolute atomic E-state index is 5.93. The minimum absolute atomic E-state index is 0.613. The molecule has 5 heteroatoms. The van der Waals surface area contributed by atoms with Crippen LogP contribution in [0.5, 0.6) is 5.75 Å². The third-order valence-corrected chi connectivity index (χ3v) is 3.17. The van der Waals surface area contributed by atoms with Crippen molar-refractivity contribution in [1.82, 2.24) is 4.98 Å². The fourth-order valence-electron chi connectivity index (χ4n) is 1.29. The van der Waals surface area contributed by atoms with Gasteiger partial charge in [-0.15, -0.1) is 11.3 Å². The van der Waals surface area contributed by atoms with Gasteiger partial charge in [0.2, 0.25) is 0 Å². The molecule has 1 aromatic heterocycles. The van der Waals surface area contributed by atoms with Gasteiger partial charge < -0.3 is 10.1 Å². The molecule has 0 amide bonds. The molecule has 0 atom stereocenters. The van der Waals surface area contributed by atoms with Crippen molar-refractivity contribution < 1.29 is 4.74 Å². The summed E-state index contributed by atoms with van der Waals surface area (Å²) in [6.45, 7) is 0.711. The number of anilines is 1. The first-order valence-electron chi connectivity index (χ1n) is 4.75. The van der Waals surface area contributed by atoms with E-state index in [1.165, 1.54) is 0 Å². The molecule has 1 aromatic carbocycles. The molecule has 3 nitrogen and oxygen atoms in total. The predicted molar refractivity (Wildman–Crippen MR) is 67.4 cm³/mol. The van der Waals surface area contributed by atoms with Crippen LogP contribution < -0.4 is 10.1 Å². The van der Waals surface area contributed by atoms with Gasteiger partial charge in [0.25, 0.3) is 0 Å². The van der Waals surface area contributed by atoms with Gasteiger partial charge in [0, 0.05) is 23.3 Å². The molecular weight excluding hydrogens is 244 g/mol. The van der Waals surface area contributed by atoms with Crippen LogP contribution in [0.3, 0.4) is 0 Å². The summed E-state index contributed by atoms with van der Waals surface area (Å²) in [4.78, 5) is 4.19. The Morgan fingerprint density at radius 1 is 1.50 bits per heavy atom. The molecule has 0 aliphatic heterocycles. The molecule has 0 unspecified atom stereocenters. The number of thiazole rings is 1. The highest BCUT2D eigenvalue weighted by Gasteiger charge is 2.02. The summed E-state index contributed by atoms with van der Waals surface area (Å²) in [5.41, 5.74) is 0.969. The summed E-state index contributed by atoms with van der Waals surface area (Å²) >= 11 is 7.56. The Kier molecular flexibility index (Phi) is 3.64. The lowest BCUT2D eigenvalue weighted by Crippen LogP contribution is -1.99. The Labute approximate surface area is 103 Å². The molecular formula is C11H11ClN2OS. The predicted octanol–water partition coefficient (Wildman–Crippen LogP) is 3.42. The fourth-order valence-corrected chi connectivity index (χ4v) is 2.04. The van der Waals surface area contributed by atoms with Crippen molar-refractivity contribution >= 4 is 28.6 Å². The number of ether oxygens (including phenoxy) is 1. The summed E-state index contributed by atoms with van der Waals surface area (Å²) in [5.74, 6) is 0.672. The fraction of sp³-hybridized carbons (Fsp3) is 0.182. The first-order chi connectivity index (χ1) is 7.79. The zero-order valence-corrected chi connectivity index (χ0v) is 10.3. The Morgan fingerprint density at radius 3 is 3.06 bits per heavy atom. The number of methoxy groups -OCH3 is 1.